The molecule has 0 radical (unpaired) electrons. The molecule has 0 aliphatic carbocycles. The molecule has 1 unspecified atom stereocenters. The van der Waals surface area contributed by atoms with Crippen molar-refractivity contribution >= 4 is 11.0 Å². The fraction of sp³-hybridized carbons (Fsp3) is 0.429. The molecule has 1 fully saturated rings. The highest BCUT2D eigenvalue weighted by Gasteiger charge is 2.18. The summed E-state index contributed by atoms with van der Waals surface area (Å²) in [5.41, 5.74) is 3.32. The van der Waals surface area contributed by atoms with E-state index in [0.29, 0.717) is 0 Å². The van der Waals surface area contributed by atoms with E-state index in [-0.39, 0.29) is 0 Å². The van der Waals surface area contributed by atoms with Crippen LogP contribution in [0, 0.1) is 5.92 Å². The number of fused-ring (bicyclic) bond motifs is 1. The standard InChI is InChI=1S/C14H17N3/c1-11-4-7-17(9-11)10-12-2-3-13-14(8-12)16-6-5-15-13/h2-3,5-6,8,11H,4,7,9-10H2,1H3. The second kappa shape index (κ2) is 4.41. The van der Waals surface area contributed by atoms with Crippen molar-refractivity contribution in [3.63, 3.8) is 0 Å². The Labute approximate surface area is 101 Å². The fourth-order valence-electron chi connectivity index (χ4n) is 2.54. The fourth-order valence-corrected chi connectivity index (χ4v) is 2.54. The van der Waals surface area contributed by atoms with Crippen LogP contribution in [0.4, 0.5) is 0 Å². The van der Waals surface area contributed by atoms with E-state index in [0.717, 1.165) is 23.5 Å². The molecule has 0 N–H and O–H groups in total. The third-order valence-corrected chi connectivity index (χ3v) is 3.45. The van der Waals surface area contributed by atoms with Crippen molar-refractivity contribution in [2.45, 2.75) is 19.9 Å². The normalized spacial score (nSPS) is 21.1. The molecule has 2 heterocycles. The molecule has 1 aliphatic rings. The molecule has 0 amide bonds. The van der Waals surface area contributed by atoms with Gasteiger partial charge < -0.3 is 0 Å². The Kier molecular flexibility index (Phi) is 2.77. The van der Waals surface area contributed by atoms with Gasteiger partial charge in [-0.2, -0.15) is 0 Å². The van der Waals surface area contributed by atoms with Gasteiger partial charge >= 0.3 is 0 Å². The van der Waals surface area contributed by atoms with Crippen LogP contribution in [0.5, 0.6) is 0 Å². The van der Waals surface area contributed by atoms with Gasteiger partial charge in [-0.3, -0.25) is 14.9 Å². The van der Waals surface area contributed by atoms with Crippen molar-refractivity contribution in [2.75, 3.05) is 13.1 Å². The van der Waals surface area contributed by atoms with E-state index in [1.165, 1.54) is 25.1 Å². The molecular weight excluding hydrogens is 210 g/mol. The van der Waals surface area contributed by atoms with E-state index in [2.05, 4.69) is 40.0 Å². The minimum absolute atomic E-state index is 0.843. The number of likely N-dealkylation sites (tertiary alicyclic amines) is 1. The molecular formula is C14H17N3. The number of benzene rings is 1. The maximum absolute atomic E-state index is 4.35. The second-order valence-corrected chi connectivity index (χ2v) is 5.01. The molecule has 1 aromatic carbocycles. The molecule has 3 nitrogen and oxygen atoms in total. The highest BCUT2D eigenvalue weighted by Crippen LogP contribution is 2.19. The zero-order valence-corrected chi connectivity index (χ0v) is 10.1. The number of hydrogen-bond acceptors (Lipinski definition) is 3. The van der Waals surface area contributed by atoms with Crippen LogP contribution in [-0.2, 0) is 6.54 Å². The van der Waals surface area contributed by atoms with Gasteiger partial charge in [0.2, 0.25) is 0 Å². The summed E-state index contributed by atoms with van der Waals surface area (Å²) in [5, 5.41) is 0. The first-order valence-electron chi connectivity index (χ1n) is 6.23. The van der Waals surface area contributed by atoms with Gasteiger partial charge in [-0.1, -0.05) is 13.0 Å². The highest BCUT2D eigenvalue weighted by atomic mass is 15.1. The first-order chi connectivity index (χ1) is 8.31. The predicted octanol–water partition coefficient (Wildman–Crippen LogP) is 2.47. The minimum Gasteiger partial charge on any atom is -0.299 e. The smallest absolute Gasteiger partial charge is 0.0890 e. The van der Waals surface area contributed by atoms with E-state index in [1.807, 2.05) is 0 Å². The average molecular weight is 227 g/mol. The van der Waals surface area contributed by atoms with Crippen LogP contribution < -0.4 is 0 Å². The van der Waals surface area contributed by atoms with Crippen molar-refractivity contribution in [3.05, 3.63) is 36.2 Å². The van der Waals surface area contributed by atoms with Crippen LogP contribution in [0.2, 0.25) is 0 Å². The van der Waals surface area contributed by atoms with Crippen LogP contribution in [-0.4, -0.2) is 28.0 Å². The molecule has 17 heavy (non-hydrogen) atoms. The lowest BCUT2D eigenvalue weighted by Gasteiger charge is -2.15. The van der Waals surface area contributed by atoms with Crippen molar-refractivity contribution in [1.29, 1.82) is 0 Å². The summed E-state index contributed by atoms with van der Waals surface area (Å²) >= 11 is 0. The Morgan fingerprint density at radius 1 is 1.24 bits per heavy atom. The summed E-state index contributed by atoms with van der Waals surface area (Å²) in [6.07, 6.45) is 4.82. The SMILES string of the molecule is CC1CCN(Cc2ccc3nccnc3c2)C1. The lowest BCUT2D eigenvalue weighted by molar-refractivity contribution is 0.320. The average Bonchev–Trinajstić information content (AvgIpc) is 2.75. The van der Waals surface area contributed by atoms with Crippen molar-refractivity contribution in [1.82, 2.24) is 14.9 Å². The number of nitrogens with zero attached hydrogens (tertiary/aromatic N) is 3. The van der Waals surface area contributed by atoms with Gasteiger partial charge in [-0.15, -0.1) is 0 Å². The van der Waals surface area contributed by atoms with Gasteiger partial charge in [0, 0.05) is 25.5 Å². The van der Waals surface area contributed by atoms with Crippen LogP contribution in [0.25, 0.3) is 11.0 Å². The zero-order valence-electron chi connectivity index (χ0n) is 10.1. The van der Waals surface area contributed by atoms with E-state index in [1.54, 1.807) is 12.4 Å². The third-order valence-electron chi connectivity index (χ3n) is 3.45. The largest absolute Gasteiger partial charge is 0.299 e. The Balaban J connectivity index is 1.81. The molecule has 0 spiro atoms. The van der Waals surface area contributed by atoms with Gasteiger partial charge in [-0.05, 0) is 36.6 Å². The van der Waals surface area contributed by atoms with Gasteiger partial charge in [0.25, 0.3) is 0 Å². The van der Waals surface area contributed by atoms with Crippen molar-refractivity contribution < 1.29 is 0 Å². The quantitative estimate of drug-likeness (QED) is 0.789. The van der Waals surface area contributed by atoms with E-state index in [9.17, 15) is 0 Å². The summed E-state index contributed by atoms with van der Waals surface area (Å²) in [5.74, 6) is 0.843. The van der Waals surface area contributed by atoms with E-state index < -0.39 is 0 Å². The highest BCUT2D eigenvalue weighted by molar-refractivity contribution is 5.74. The summed E-state index contributed by atoms with van der Waals surface area (Å²) in [6.45, 7) is 5.81. The molecule has 1 saturated heterocycles. The van der Waals surface area contributed by atoms with Crippen molar-refractivity contribution in [3.8, 4) is 0 Å². The van der Waals surface area contributed by atoms with E-state index >= 15 is 0 Å². The Morgan fingerprint density at radius 2 is 2.06 bits per heavy atom. The van der Waals surface area contributed by atoms with Crippen LogP contribution >= 0.6 is 0 Å². The predicted molar refractivity (Wildman–Crippen MR) is 68.6 cm³/mol. The van der Waals surface area contributed by atoms with Crippen LogP contribution in [0.15, 0.2) is 30.6 Å². The summed E-state index contributed by atoms with van der Waals surface area (Å²) in [6, 6.07) is 6.39. The molecule has 2 aromatic rings. The Morgan fingerprint density at radius 3 is 2.82 bits per heavy atom. The van der Waals surface area contributed by atoms with Crippen LogP contribution in [0.3, 0.4) is 0 Å². The molecule has 3 rings (SSSR count). The third kappa shape index (κ3) is 2.29. The zero-order chi connectivity index (χ0) is 11.7. The lowest BCUT2D eigenvalue weighted by atomic mass is 10.1. The van der Waals surface area contributed by atoms with E-state index in [4.69, 9.17) is 0 Å². The lowest BCUT2D eigenvalue weighted by Crippen LogP contribution is -2.19. The Hall–Kier alpha value is -1.48. The number of hydrogen-bond donors (Lipinski definition) is 0. The molecule has 3 heteroatoms. The van der Waals surface area contributed by atoms with Crippen molar-refractivity contribution in [2.24, 2.45) is 5.92 Å². The van der Waals surface area contributed by atoms with Gasteiger partial charge in [0.15, 0.2) is 0 Å². The minimum atomic E-state index is 0.843. The molecule has 1 aliphatic heterocycles. The molecule has 0 bridgehead atoms. The molecule has 0 saturated carbocycles. The molecule has 88 valence electrons. The summed E-state index contributed by atoms with van der Waals surface area (Å²) in [4.78, 5) is 11.2. The summed E-state index contributed by atoms with van der Waals surface area (Å²) < 4.78 is 0. The van der Waals surface area contributed by atoms with Gasteiger partial charge in [-0.25, -0.2) is 0 Å². The maximum atomic E-state index is 4.35. The van der Waals surface area contributed by atoms with Crippen LogP contribution in [0.1, 0.15) is 18.9 Å². The first kappa shape index (κ1) is 10.7. The van der Waals surface area contributed by atoms with Gasteiger partial charge in [0.05, 0.1) is 11.0 Å². The monoisotopic (exact) mass is 227 g/mol. The number of aromatic nitrogens is 2. The number of rotatable bonds is 2. The first-order valence-corrected chi connectivity index (χ1v) is 6.23. The summed E-state index contributed by atoms with van der Waals surface area (Å²) in [7, 11) is 0. The second-order valence-electron chi connectivity index (χ2n) is 5.01. The van der Waals surface area contributed by atoms with Gasteiger partial charge in [0.1, 0.15) is 0 Å². The molecule has 1 aromatic heterocycles. The maximum Gasteiger partial charge on any atom is 0.0890 e. The molecule has 1 atom stereocenters. The topological polar surface area (TPSA) is 29.0 Å². The Bertz CT molecular complexity index is 524.